The van der Waals surface area contributed by atoms with Crippen molar-refractivity contribution in [1.82, 2.24) is 0 Å². The fourth-order valence-corrected chi connectivity index (χ4v) is 0.954. The first kappa shape index (κ1) is 11.5. The van der Waals surface area contributed by atoms with E-state index >= 15 is 0 Å². The van der Waals surface area contributed by atoms with E-state index in [4.69, 9.17) is 15.0 Å². The predicted molar refractivity (Wildman–Crippen MR) is 45.4 cm³/mol. The van der Waals surface area contributed by atoms with E-state index in [0.717, 1.165) is 6.42 Å². The minimum Gasteiger partial charge on any atom is -0.508 e. The van der Waals surface area contributed by atoms with Crippen LogP contribution < -0.4 is 5.11 Å². The Morgan fingerprint density at radius 2 is 1.67 bits per heavy atom. The maximum Gasteiger partial charge on any atom is 0.219 e. The molecule has 0 bridgehead atoms. The van der Waals surface area contributed by atoms with Crippen LogP contribution in [-0.2, 0) is 9.47 Å². The summed E-state index contributed by atoms with van der Waals surface area (Å²) in [6.07, 6.45) is 0.413. The molecule has 0 aliphatic carbocycles. The van der Waals surface area contributed by atoms with Crippen LogP contribution in [0.25, 0.3) is 5.53 Å². The molecule has 0 aromatic rings. The smallest absolute Gasteiger partial charge is 0.219 e. The summed E-state index contributed by atoms with van der Waals surface area (Å²) < 4.78 is 10.6. The number of nitrogens with one attached hydrogen (secondary N) is 1. The monoisotopic (exact) mass is 174 g/mol. The van der Waals surface area contributed by atoms with Gasteiger partial charge in [-0.05, 0) is 13.8 Å². The maximum atomic E-state index is 8.74. The molecule has 1 unspecified atom stereocenters. The van der Waals surface area contributed by atoms with Crippen molar-refractivity contribution in [2.75, 3.05) is 13.2 Å². The van der Waals surface area contributed by atoms with Crippen LogP contribution in [0.2, 0.25) is 0 Å². The molecule has 0 radical (unpaired) electrons. The van der Waals surface area contributed by atoms with E-state index in [0.29, 0.717) is 13.2 Å². The topological polar surface area (TPSA) is 54.7 Å². The summed E-state index contributed by atoms with van der Waals surface area (Å²) in [5.74, 6) is 0. The van der Waals surface area contributed by atoms with E-state index in [-0.39, 0.29) is 12.3 Å². The highest BCUT2D eigenvalue weighted by molar-refractivity contribution is 4.55. The fourth-order valence-electron chi connectivity index (χ4n) is 0.954. The highest BCUT2D eigenvalue weighted by Crippen LogP contribution is 2.01. The zero-order chi connectivity index (χ0) is 9.40. The van der Waals surface area contributed by atoms with Crippen molar-refractivity contribution in [2.24, 2.45) is 0 Å². The molecule has 0 aromatic carbocycles. The molecule has 72 valence electrons. The van der Waals surface area contributed by atoms with Crippen LogP contribution in [0.15, 0.2) is 0 Å². The van der Waals surface area contributed by atoms with Crippen LogP contribution >= 0.6 is 0 Å². The Labute approximate surface area is 73.8 Å². The largest absolute Gasteiger partial charge is 0.508 e. The Hall–Kier alpha value is -0.480. The molecule has 0 saturated heterocycles. The second kappa shape index (κ2) is 7.18. The molecule has 0 aromatic heterocycles. The fraction of sp³-hybridized carbons (Fsp3) is 1.00. The zero-order valence-electron chi connectivity index (χ0n) is 8.04. The van der Waals surface area contributed by atoms with Gasteiger partial charge < -0.3 is 20.1 Å². The van der Waals surface area contributed by atoms with Crippen molar-refractivity contribution in [2.45, 2.75) is 39.5 Å². The molecule has 0 aliphatic rings. The quantitative estimate of drug-likeness (QED) is 0.445. The van der Waals surface area contributed by atoms with Crippen LogP contribution in [-0.4, -0.2) is 25.5 Å². The second-order valence-electron chi connectivity index (χ2n) is 2.42. The lowest BCUT2D eigenvalue weighted by atomic mass is 10.2. The van der Waals surface area contributed by atoms with Crippen molar-refractivity contribution >= 4 is 0 Å². The molecule has 0 saturated carbocycles. The maximum absolute atomic E-state index is 8.74. The first-order valence-electron chi connectivity index (χ1n) is 4.42. The SMILES string of the molecule is CCOC(OCC)C(CC)[NH+]=[N-]. The Morgan fingerprint density at radius 1 is 1.17 bits per heavy atom. The first-order chi connectivity index (χ1) is 5.79. The third-order valence-electron chi connectivity index (χ3n) is 1.60. The van der Waals surface area contributed by atoms with Gasteiger partial charge >= 0.3 is 0 Å². The summed E-state index contributed by atoms with van der Waals surface area (Å²) >= 11 is 0. The van der Waals surface area contributed by atoms with E-state index in [1.165, 1.54) is 0 Å². The van der Waals surface area contributed by atoms with Crippen LogP contribution in [0, 0.1) is 0 Å². The molecule has 0 rings (SSSR count). The molecular formula is C8H18N2O2. The minimum absolute atomic E-state index is 0.148. The van der Waals surface area contributed by atoms with E-state index in [2.05, 4.69) is 5.11 Å². The molecule has 1 N–H and O–H groups in total. The van der Waals surface area contributed by atoms with Crippen molar-refractivity contribution < 1.29 is 14.6 Å². The van der Waals surface area contributed by atoms with Crippen molar-refractivity contribution in [3.8, 4) is 0 Å². The van der Waals surface area contributed by atoms with Crippen LogP contribution in [0.5, 0.6) is 0 Å². The summed E-state index contributed by atoms with van der Waals surface area (Å²) in [5.41, 5.74) is 8.74. The summed E-state index contributed by atoms with van der Waals surface area (Å²) in [7, 11) is 0. The van der Waals surface area contributed by atoms with Crippen LogP contribution in [0.3, 0.4) is 0 Å². The number of hydrogen-bond acceptors (Lipinski definition) is 2. The van der Waals surface area contributed by atoms with E-state index < -0.39 is 0 Å². The van der Waals surface area contributed by atoms with Gasteiger partial charge in [-0.1, -0.05) is 6.92 Å². The normalized spacial score (nSPS) is 13.3. The van der Waals surface area contributed by atoms with Gasteiger partial charge in [-0.2, -0.15) is 0 Å². The molecule has 4 heteroatoms. The van der Waals surface area contributed by atoms with Gasteiger partial charge in [0, 0.05) is 19.6 Å². The van der Waals surface area contributed by atoms with Gasteiger partial charge in [-0.15, -0.1) is 0 Å². The van der Waals surface area contributed by atoms with E-state index in [9.17, 15) is 0 Å². The Balaban J connectivity index is 3.94. The average molecular weight is 174 g/mol. The number of rotatable bonds is 7. The summed E-state index contributed by atoms with van der Waals surface area (Å²) in [4.78, 5) is 0. The standard InChI is InChI=1S/C8H18N2O2/c1-4-7(10-9)8(11-5-2)12-6-3/h7-8,10H,4-6H2,1-3H3. The van der Waals surface area contributed by atoms with Crippen LogP contribution in [0.1, 0.15) is 27.2 Å². The number of nitrogens with zero attached hydrogens (tertiary/aromatic N) is 1. The van der Waals surface area contributed by atoms with Gasteiger partial charge in [0.2, 0.25) is 6.29 Å². The third-order valence-corrected chi connectivity index (χ3v) is 1.60. The molecular weight excluding hydrogens is 156 g/mol. The highest BCUT2D eigenvalue weighted by atomic mass is 16.7. The Bertz CT molecular complexity index is 114. The number of hydrogen-bond donors (Lipinski definition) is 1. The van der Waals surface area contributed by atoms with Gasteiger partial charge in [-0.25, -0.2) is 0 Å². The number of ether oxygens (including phenoxy) is 2. The van der Waals surface area contributed by atoms with Crippen molar-refractivity contribution in [1.29, 1.82) is 0 Å². The van der Waals surface area contributed by atoms with Crippen LogP contribution in [0.4, 0.5) is 0 Å². The summed E-state index contributed by atoms with van der Waals surface area (Å²) in [6.45, 7) is 6.93. The molecule has 0 fully saturated rings. The van der Waals surface area contributed by atoms with E-state index in [1.54, 1.807) is 0 Å². The zero-order valence-corrected chi connectivity index (χ0v) is 8.04. The summed E-state index contributed by atoms with van der Waals surface area (Å²) in [5, 5.41) is 2.17. The van der Waals surface area contributed by atoms with Crippen molar-refractivity contribution in [3.63, 3.8) is 0 Å². The molecule has 1 atom stereocenters. The minimum atomic E-state index is -0.352. The molecule has 0 heterocycles. The molecule has 0 spiro atoms. The molecule has 0 aliphatic heterocycles. The van der Waals surface area contributed by atoms with Gasteiger partial charge in [0.05, 0.1) is 0 Å². The lowest BCUT2D eigenvalue weighted by Crippen LogP contribution is -2.76. The lowest BCUT2D eigenvalue weighted by Gasteiger charge is -2.19. The molecule has 12 heavy (non-hydrogen) atoms. The Morgan fingerprint density at radius 3 is 1.92 bits per heavy atom. The Kier molecular flexibility index (Phi) is 6.90. The predicted octanol–water partition coefficient (Wildman–Crippen LogP) is 0.266. The van der Waals surface area contributed by atoms with Crippen molar-refractivity contribution in [3.05, 3.63) is 5.53 Å². The van der Waals surface area contributed by atoms with Gasteiger partial charge in [0.25, 0.3) is 0 Å². The van der Waals surface area contributed by atoms with Gasteiger partial charge in [-0.3, -0.25) is 0 Å². The van der Waals surface area contributed by atoms with Gasteiger partial charge in [0.1, 0.15) is 0 Å². The summed E-state index contributed by atoms with van der Waals surface area (Å²) in [6, 6.07) is -0.148. The lowest BCUT2D eigenvalue weighted by molar-refractivity contribution is -0.553. The third kappa shape index (κ3) is 3.78. The average Bonchev–Trinajstić information content (AvgIpc) is 2.07. The van der Waals surface area contributed by atoms with E-state index in [1.807, 2.05) is 20.8 Å². The second-order valence-corrected chi connectivity index (χ2v) is 2.42. The first-order valence-corrected chi connectivity index (χ1v) is 4.42. The molecule has 0 amide bonds. The highest BCUT2D eigenvalue weighted by Gasteiger charge is 2.21. The van der Waals surface area contributed by atoms with Gasteiger partial charge in [0.15, 0.2) is 6.04 Å². The molecule has 4 nitrogen and oxygen atoms in total.